The Morgan fingerprint density at radius 3 is 2.53 bits per heavy atom. The van der Waals surface area contributed by atoms with Crippen molar-refractivity contribution in [2.75, 3.05) is 0 Å². The number of aliphatic hydroxyl groups is 1. The number of aliphatic hydroxyl groups excluding tert-OH is 1. The molecule has 2 aromatic rings. The van der Waals surface area contributed by atoms with Gasteiger partial charge in [-0.05, 0) is 37.1 Å². The second-order valence-electron chi connectivity index (χ2n) is 4.64. The zero-order chi connectivity index (χ0) is 13.8. The van der Waals surface area contributed by atoms with Gasteiger partial charge in [0.2, 0.25) is 0 Å². The third-order valence-corrected chi connectivity index (χ3v) is 3.14. The summed E-state index contributed by atoms with van der Waals surface area (Å²) in [6.45, 7) is 4.33. The van der Waals surface area contributed by atoms with Gasteiger partial charge >= 0.3 is 0 Å². The fourth-order valence-corrected chi connectivity index (χ4v) is 1.88. The van der Waals surface area contributed by atoms with Crippen molar-refractivity contribution in [1.29, 1.82) is 0 Å². The first-order chi connectivity index (χ1) is 9.10. The van der Waals surface area contributed by atoms with Crippen LogP contribution in [0.5, 0.6) is 5.75 Å². The van der Waals surface area contributed by atoms with Crippen molar-refractivity contribution in [2.24, 2.45) is 7.05 Å². The van der Waals surface area contributed by atoms with Crippen molar-refractivity contribution in [3.05, 3.63) is 47.3 Å². The largest absolute Gasteiger partial charge is 0.487 e. The lowest BCUT2D eigenvalue weighted by Crippen LogP contribution is -2.03. The van der Waals surface area contributed by atoms with Crippen molar-refractivity contribution >= 4 is 0 Å². The van der Waals surface area contributed by atoms with Crippen LogP contribution in [0, 0.1) is 0 Å². The molecule has 19 heavy (non-hydrogen) atoms. The number of aryl methyl sites for hydroxylation is 2. The van der Waals surface area contributed by atoms with Crippen LogP contribution >= 0.6 is 0 Å². The highest BCUT2D eigenvalue weighted by molar-refractivity contribution is 5.28. The summed E-state index contributed by atoms with van der Waals surface area (Å²) in [6.07, 6.45) is 0.481. The van der Waals surface area contributed by atoms with Crippen LogP contribution in [0.2, 0.25) is 0 Å². The summed E-state index contributed by atoms with van der Waals surface area (Å²) >= 11 is 0. The van der Waals surface area contributed by atoms with Gasteiger partial charge in [0.05, 0.1) is 17.5 Å². The summed E-state index contributed by atoms with van der Waals surface area (Å²) < 4.78 is 7.57. The molecule has 0 radical (unpaired) electrons. The SMILES string of the molecule is CCc1cc(COc2ccc([C@H](C)O)cc2)n(C)n1. The molecule has 102 valence electrons. The van der Waals surface area contributed by atoms with Crippen LogP contribution in [-0.4, -0.2) is 14.9 Å². The van der Waals surface area contributed by atoms with Gasteiger partial charge in [-0.15, -0.1) is 0 Å². The number of hydrogen-bond acceptors (Lipinski definition) is 3. The Labute approximate surface area is 113 Å². The first-order valence-corrected chi connectivity index (χ1v) is 6.52. The first kappa shape index (κ1) is 13.6. The second-order valence-corrected chi connectivity index (χ2v) is 4.64. The minimum atomic E-state index is -0.446. The fraction of sp³-hybridized carbons (Fsp3) is 0.400. The van der Waals surface area contributed by atoms with Gasteiger partial charge in [0.1, 0.15) is 12.4 Å². The quantitative estimate of drug-likeness (QED) is 0.899. The average molecular weight is 260 g/mol. The predicted octanol–water partition coefficient (Wildman–Crippen LogP) is 2.61. The minimum absolute atomic E-state index is 0.446. The summed E-state index contributed by atoms with van der Waals surface area (Å²) in [5.74, 6) is 0.795. The molecule has 0 aliphatic rings. The van der Waals surface area contributed by atoms with E-state index in [1.807, 2.05) is 36.0 Å². The number of aromatic nitrogens is 2. The highest BCUT2D eigenvalue weighted by Crippen LogP contribution is 2.18. The normalized spacial score (nSPS) is 12.4. The van der Waals surface area contributed by atoms with Gasteiger partial charge in [-0.3, -0.25) is 4.68 Å². The number of ether oxygens (including phenoxy) is 1. The van der Waals surface area contributed by atoms with Crippen LogP contribution in [0.25, 0.3) is 0 Å². The summed E-state index contributed by atoms with van der Waals surface area (Å²) in [5, 5.41) is 13.8. The summed E-state index contributed by atoms with van der Waals surface area (Å²) in [7, 11) is 1.92. The molecule has 0 amide bonds. The minimum Gasteiger partial charge on any atom is -0.487 e. The van der Waals surface area contributed by atoms with Gasteiger partial charge in [-0.25, -0.2) is 0 Å². The van der Waals surface area contributed by atoms with E-state index in [-0.39, 0.29) is 0 Å². The molecule has 0 fully saturated rings. The summed E-state index contributed by atoms with van der Waals surface area (Å²) in [6, 6.07) is 9.56. The van der Waals surface area contributed by atoms with Crippen LogP contribution in [0.3, 0.4) is 0 Å². The summed E-state index contributed by atoms with van der Waals surface area (Å²) in [4.78, 5) is 0. The maximum absolute atomic E-state index is 9.44. The van der Waals surface area contributed by atoms with E-state index in [9.17, 15) is 5.11 Å². The van der Waals surface area contributed by atoms with E-state index >= 15 is 0 Å². The predicted molar refractivity (Wildman–Crippen MR) is 74.0 cm³/mol. The lowest BCUT2D eigenvalue weighted by Gasteiger charge is -2.08. The Hall–Kier alpha value is -1.81. The molecular formula is C15H20N2O2. The third-order valence-electron chi connectivity index (χ3n) is 3.14. The fourth-order valence-electron chi connectivity index (χ4n) is 1.88. The van der Waals surface area contributed by atoms with Crippen molar-refractivity contribution in [3.63, 3.8) is 0 Å². The molecule has 1 atom stereocenters. The maximum atomic E-state index is 9.44. The molecule has 1 N–H and O–H groups in total. The highest BCUT2D eigenvalue weighted by Gasteiger charge is 2.05. The lowest BCUT2D eigenvalue weighted by molar-refractivity contribution is 0.199. The molecule has 0 spiro atoms. The number of rotatable bonds is 5. The molecule has 0 bridgehead atoms. The first-order valence-electron chi connectivity index (χ1n) is 6.52. The molecular weight excluding hydrogens is 240 g/mol. The van der Waals surface area contributed by atoms with E-state index in [1.165, 1.54) is 0 Å². The Kier molecular flexibility index (Phi) is 4.22. The van der Waals surface area contributed by atoms with E-state index in [0.29, 0.717) is 6.61 Å². The Bertz CT molecular complexity index is 530. The Morgan fingerprint density at radius 2 is 2.00 bits per heavy atom. The van der Waals surface area contributed by atoms with Crippen molar-refractivity contribution in [2.45, 2.75) is 33.0 Å². The molecule has 2 rings (SSSR count). The van der Waals surface area contributed by atoms with Gasteiger partial charge in [-0.1, -0.05) is 19.1 Å². The molecule has 4 heteroatoms. The number of hydrogen-bond donors (Lipinski definition) is 1. The van der Waals surface area contributed by atoms with Gasteiger partial charge in [0.25, 0.3) is 0 Å². The lowest BCUT2D eigenvalue weighted by atomic mass is 10.1. The van der Waals surface area contributed by atoms with Crippen LogP contribution in [-0.2, 0) is 20.1 Å². The second kappa shape index (κ2) is 5.89. The van der Waals surface area contributed by atoms with E-state index in [2.05, 4.69) is 18.1 Å². The van der Waals surface area contributed by atoms with Crippen LogP contribution in [0.1, 0.15) is 36.9 Å². The maximum Gasteiger partial charge on any atom is 0.130 e. The van der Waals surface area contributed by atoms with Gasteiger partial charge in [0.15, 0.2) is 0 Å². The summed E-state index contributed by atoms with van der Waals surface area (Å²) in [5.41, 5.74) is 3.02. The van der Waals surface area contributed by atoms with E-state index in [4.69, 9.17) is 4.74 Å². The third kappa shape index (κ3) is 3.35. The average Bonchev–Trinajstić information content (AvgIpc) is 2.77. The van der Waals surface area contributed by atoms with E-state index in [1.54, 1.807) is 6.92 Å². The van der Waals surface area contributed by atoms with Crippen molar-refractivity contribution in [3.8, 4) is 5.75 Å². The van der Waals surface area contributed by atoms with Gasteiger partial charge < -0.3 is 9.84 Å². The van der Waals surface area contributed by atoms with Crippen molar-refractivity contribution in [1.82, 2.24) is 9.78 Å². The smallest absolute Gasteiger partial charge is 0.130 e. The standard InChI is InChI=1S/C15H20N2O2/c1-4-13-9-14(17(3)16-13)10-19-15-7-5-12(6-8-15)11(2)18/h5-9,11,18H,4,10H2,1-3H3/t11-/m0/s1. The molecule has 0 saturated carbocycles. The van der Waals surface area contributed by atoms with Crippen LogP contribution in [0.15, 0.2) is 30.3 Å². The van der Waals surface area contributed by atoms with E-state index in [0.717, 1.165) is 29.1 Å². The van der Waals surface area contributed by atoms with Gasteiger partial charge in [-0.2, -0.15) is 5.10 Å². The number of nitrogens with zero attached hydrogens (tertiary/aromatic N) is 2. The van der Waals surface area contributed by atoms with Crippen LogP contribution in [0.4, 0.5) is 0 Å². The van der Waals surface area contributed by atoms with Crippen LogP contribution < -0.4 is 4.74 Å². The molecule has 0 unspecified atom stereocenters. The Morgan fingerprint density at radius 1 is 1.32 bits per heavy atom. The topological polar surface area (TPSA) is 47.3 Å². The molecule has 4 nitrogen and oxygen atoms in total. The molecule has 0 aliphatic carbocycles. The number of benzene rings is 1. The van der Waals surface area contributed by atoms with E-state index < -0.39 is 6.10 Å². The molecule has 0 aliphatic heterocycles. The molecule has 0 saturated heterocycles. The monoisotopic (exact) mass is 260 g/mol. The molecule has 1 aromatic carbocycles. The molecule has 1 aromatic heterocycles. The Balaban J connectivity index is 1.99. The molecule has 1 heterocycles. The van der Waals surface area contributed by atoms with Crippen molar-refractivity contribution < 1.29 is 9.84 Å². The highest BCUT2D eigenvalue weighted by atomic mass is 16.5. The zero-order valence-corrected chi connectivity index (χ0v) is 11.6. The zero-order valence-electron chi connectivity index (χ0n) is 11.6. The van der Waals surface area contributed by atoms with Gasteiger partial charge in [0, 0.05) is 7.05 Å².